The Hall–Kier alpha value is -4.66. The first-order valence-electron chi connectivity index (χ1n) is 12.3. The van der Waals surface area contributed by atoms with Gasteiger partial charge in [-0.2, -0.15) is 0 Å². The Bertz CT molecular complexity index is 1470. The van der Waals surface area contributed by atoms with E-state index in [0.29, 0.717) is 34.1 Å². The number of nitrogens with one attached hydrogen (secondary N) is 1. The molecule has 9 heteroatoms. The summed E-state index contributed by atoms with van der Waals surface area (Å²) in [4.78, 5) is 29.1. The smallest absolute Gasteiger partial charge is 0.336 e. The summed E-state index contributed by atoms with van der Waals surface area (Å²) in [5.41, 5.74) is 2.35. The highest BCUT2D eigenvalue weighted by molar-refractivity contribution is 5.99. The molecule has 192 valence electrons. The van der Waals surface area contributed by atoms with Crippen LogP contribution in [0.1, 0.15) is 11.5 Å². The third-order valence-electron chi connectivity index (χ3n) is 7.58. The molecule has 1 saturated heterocycles. The zero-order chi connectivity index (χ0) is 25.9. The van der Waals surface area contributed by atoms with E-state index in [1.165, 1.54) is 0 Å². The highest BCUT2D eigenvalue weighted by Gasteiger charge is 2.65. The van der Waals surface area contributed by atoms with Crippen LogP contribution in [0, 0.1) is 5.92 Å². The Kier molecular flexibility index (Phi) is 5.01. The fourth-order valence-corrected chi connectivity index (χ4v) is 6.07. The molecule has 3 unspecified atom stereocenters. The van der Waals surface area contributed by atoms with Crippen molar-refractivity contribution in [1.29, 1.82) is 0 Å². The first-order chi connectivity index (χ1) is 18.6. The minimum Gasteiger partial charge on any atom is -0.493 e. The summed E-state index contributed by atoms with van der Waals surface area (Å²) >= 11 is 0. The van der Waals surface area contributed by atoms with Gasteiger partial charge >= 0.3 is 11.9 Å². The van der Waals surface area contributed by atoms with Gasteiger partial charge in [-0.1, -0.05) is 36.4 Å². The topological polar surface area (TPSA) is 95.6 Å². The number of para-hydroxylation sites is 2. The number of anilines is 2. The number of nitrogens with zero attached hydrogens (tertiary/aromatic N) is 1. The maximum atomic E-state index is 13.7. The van der Waals surface area contributed by atoms with Crippen LogP contribution in [-0.4, -0.2) is 44.7 Å². The molecule has 0 aliphatic carbocycles. The SMILES string of the molecule is COc1cc(C2C3=C(COC3=O)N(c3ccccc3)C3(Nc4ccccc4)COC(=O)C23)cc2c1OCO2. The second-order valence-corrected chi connectivity index (χ2v) is 9.54. The summed E-state index contributed by atoms with van der Waals surface area (Å²) < 4.78 is 28.3. The molecule has 1 fully saturated rings. The van der Waals surface area contributed by atoms with Crippen molar-refractivity contribution in [2.45, 2.75) is 11.6 Å². The van der Waals surface area contributed by atoms with Gasteiger partial charge < -0.3 is 33.9 Å². The summed E-state index contributed by atoms with van der Waals surface area (Å²) in [6, 6.07) is 22.9. The molecule has 0 bridgehead atoms. The van der Waals surface area contributed by atoms with Crippen LogP contribution < -0.4 is 24.4 Å². The second kappa shape index (κ2) is 8.44. The zero-order valence-electron chi connectivity index (χ0n) is 20.5. The zero-order valence-corrected chi connectivity index (χ0v) is 20.5. The van der Waals surface area contributed by atoms with Gasteiger partial charge in [-0.25, -0.2) is 4.79 Å². The number of benzene rings is 3. The monoisotopic (exact) mass is 512 g/mol. The molecular weight excluding hydrogens is 488 g/mol. The molecular formula is C29H24N2O7. The van der Waals surface area contributed by atoms with Crippen LogP contribution >= 0.6 is 0 Å². The van der Waals surface area contributed by atoms with E-state index in [1.807, 2.05) is 71.6 Å². The maximum Gasteiger partial charge on any atom is 0.336 e. The molecule has 1 N–H and O–H groups in total. The molecule has 9 nitrogen and oxygen atoms in total. The van der Waals surface area contributed by atoms with Gasteiger partial charge in [0.2, 0.25) is 12.5 Å². The summed E-state index contributed by atoms with van der Waals surface area (Å²) in [6.45, 7) is 0.187. The number of cyclic esters (lactones) is 2. The highest BCUT2D eigenvalue weighted by atomic mass is 16.7. The standard InChI is InChI=1S/C29H24N2O7/c1-34-21-12-17(13-22-26(21)38-16-37-22)23-24-20(14-35-27(24)32)31(19-10-6-3-7-11-19)29(15-36-28(33)25(23)29)30-18-8-4-2-5-9-18/h2-13,23,25,30H,14-16H2,1H3. The van der Waals surface area contributed by atoms with E-state index in [-0.39, 0.29) is 20.0 Å². The van der Waals surface area contributed by atoms with E-state index < -0.39 is 29.4 Å². The molecule has 3 aromatic rings. The molecule has 4 aliphatic rings. The van der Waals surface area contributed by atoms with Crippen molar-refractivity contribution in [3.63, 3.8) is 0 Å². The van der Waals surface area contributed by atoms with Crippen molar-refractivity contribution in [3.8, 4) is 17.2 Å². The van der Waals surface area contributed by atoms with Crippen LogP contribution in [0.4, 0.5) is 11.4 Å². The predicted octanol–water partition coefficient (Wildman–Crippen LogP) is 3.82. The second-order valence-electron chi connectivity index (χ2n) is 9.54. The lowest BCUT2D eigenvalue weighted by Gasteiger charge is -2.50. The fraction of sp³-hybridized carbons (Fsp3) is 0.241. The highest BCUT2D eigenvalue weighted by Crippen LogP contribution is 2.56. The quantitative estimate of drug-likeness (QED) is 0.512. The Balaban J connectivity index is 1.50. The largest absolute Gasteiger partial charge is 0.493 e. The van der Waals surface area contributed by atoms with Crippen LogP contribution in [0.25, 0.3) is 0 Å². The Morgan fingerprint density at radius 2 is 1.71 bits per heavy atom. The minimum absolute atomic E-state index is 0.0581. The Labute approximate surface area is 218 Å². The summed E-state index contributed by atoms with van der Waals surface area (Å²) in [5, 5.41) is 3.64. The van der Waals surface area contributed by atoms with Gasteiger partial charge in [0.05, 0.1) is 18.4 Å². The van der Waals surface area contributed by atoms with E-state index in [4.69, 9.17) is 23.7 Å². The normalized spacial score (nSPS) is 25.0. The van der Waals surface area contributed by atoms with Gasteiger partial charge in [0, 0.05) is 17.3 Å². The molecule has 4 aliphatic heterocycles. The first-order valence-corrected chi connectivity index (χ1v) is 12.3. The van der Waals surface area contributed by atoms with Crippen molar-refractivity contribution >= 4 is 23.3 Å². The number of hydrogen-bond donors (Lipinski definition) is 1. The average molecular weight is 513 g/mol. The van der Waals surface area contributed by atoms with Gasteiger partial charge in [-0.15, -0.1) is 0 Å². The molecule has 0 radical (unpaired) electrons. The van der Waals surface area contributed by atoms with E-state index in [2.05, 4.69) is 5.32 Å². The number of methoxy groups -OCH3 is 1. The average Bonchev–Trinajstić information content (AvgIpc) is 3.66. The van der Waals surface area contributed by atoms with Crippen LogP contribution in [0.5, 0.6) is 17.2 Å². The molecule has 0 amide bonds. The molecule has 4 heterocycles. The molecule has 3 atom stereocenters. The third-order valence-corrected chi connectivity index (χ3v) is 7.58. The van der Waals surface area contributed by atoms with Gasteiger partial charge in [-0.3, -0.25) is 4.79 Å². The first kappa shape index (κ1) is 22.5. The van der Waals surface area contributed by atoms with Gasteiger partial charge in [0.1, 0.15) is 19.1 Å². The third kappa shape index (κ3) is 3.17. The Morgan fingerprint density at radius 1 is 0.947 bits per heavy atom. The van der Waals surface area contributed by atoms with E-state index in [9.17, 15) is 9.59 Å². The summed E-state index contributed by atoms with van der Waals surface area (Å²) in [7, 11) is 1.54. The molecule has 0 saturated carbocycles. The van der Waals surface area contributed by atoms with Crippen LogP contribution in [0.3, 0.4) is 0 Å². The van der Waals surface area contributed by atoms with Crippen molar-refractivity contribution in [2.24, 2.45) is 5.92 Å². The lowest BCUT2D eigenvalue weighted by Crippen LogP contribution is -2.64. The molecule has 0 aromatic heterocycles. The number of hydrogen-bond acceptors (Lipinski definition) is 9. The number of carbonyl (C=O) groups is 2. The fourth-order valence-electron chi connectivity index (χ4n) is 6.07. The Morgan fingerprint density at radius 3 is 2.47 bits per heavy atom. The van der Waals surface area contributed by atoms with E-state index >= 15 is 0 Å². The summed E-state index contributed by atoms with van der Waals surface area (Å²) in [5.74, 6) is -0.929. The number of fused-ring (bicyclic) bond motifs is 2. The molecule has 38 heavy (non-hydrogen) atoms. The maximum absolute atomic E-state index is 13.7. The van der Waals surface area contributed by atoms with Crippen molar-refractivity contribution in [1.82, 2.24) is 0 Å². The lowest BCUT2D eigenvalue weighted by atomic mass is 9.70. The van der Waals surface area contributed by atoms with E-state index in [1.54, 1.807) is 13.2 Å². The van der Waals surface area contributed by atoms with Crippen LogP contribution in [-0.2, 0) is 19.1 Å². The van der Waals surface area contributed by atoms with Gasteiger partial charge in [-0.05, 0) is 42.0 Å². The van der Waals surface area contributed by atoms with Crippen molar-refractivity contribution in [2.75, 3.05) is 37.3 Å². The minimum atomic E-state index is -1.05. The number of esters is 2. The van der Waals surface area contributed by atoms with Crippen LogP contribution in [0.2, 0.25) is 0 Å². The number of ether oxygens (including phenoxy) is 5. The van der Waals surface area contributed by atoms with Crippen molar-refractivity contribution < 1.29 is 33.3 Å². The lowest BCUT2D eigenvalue weighted by molar-refractivity contribution is -0.141. The van der Waals surface area contributed by atoms with Gasteiger partial charge in [0.15, 0.2) is 17.2 Å². The molecule has 0 spiro atoms. The number of rotatable bonds is 5. The summed E-state index contributed by atoms with van der Waals surface area (Å²) in [6.07, 6.45) is 0. The number of carbonyl (C=O) groups excluding carboxylic acids is 2. The predicted molar refractivity (Wildman–Crippen MR) is 136 cm³/mol. The molecule has 7 rings (SSSR count). The molecule has 3 aromatic carbocycles. The van der Waals surface area contributed by atoms with E-state index in [0.717, 1.165) is 11.4 Å². The van der Waals surface area contributed by atoms with Crippen molar-refractivity contribution in [3.05, 3.63) is 89.6 Å². The van der Waals surface area contributed by atoms with Crippen LogP contribution in [0.15, 0.2) is 84.1 Å². The van der Waals surface area contributed by atoms with Gasteiger partial charge in [0.25, 0.3) is 0 Å².